The lowest BCUT2D eigenvalue weighted by atomic mass is 9.99. The summed E-state index contributed by atoms with van der Waals surface area (Å²) in [5, 5.41) is 15.0. The fraction of sp³-hybridized carbons (Fsp3) is 0.387. The maximum atomic E-state index is 11.7. The molecule has 0 spiro atoms. The molecule has 1 saturated heterocycles. The lowest BCUT2D eigenvalue weighted by Crippen LogP contribution is -2.38. The predicted octanol–water partition coefficient (Wildman–Crippen LogP) is 5.24. The number of aliphatic hydroxyl groups is 1. The fourth-order valence-corrected chi connectivity index (χ4v) is 4.70. The Kier molecular flexibility index (Phi) is 9.90. The molecule has 3 aromatic carbocycles. The molecule has 0 unspecified atom stereocenters. The molecule has 0 radical (unpaired) electrons. The van der Waals surface area contributed by atoms with Crippen molar-refractivity contribution in [2.24, 2.45) is 0 Å². The molecule has 7 nitrogen and oxygen atoms in total. The van der Waals surface area contributed by atoms with Crippen LogP contribution in [0.1, 0.15) is 66.5 Å². The van der Waals surface area contributed by atoms with Gasteiger partial charge in [-0.2, -0.15) is 0 Å². The van der Waals surface area contributed by atoms with Crippen LogP contribution in [0.4, 0.5) is 4.79 Å². The van der Waals surface area contributed by atoms with E-state index in [9.17, 15) is 9.90 Å². The van der Waals surface area contributed by atoms with Crippen molar-refractivity contribution >= 4 is 6.03 Å². The molecule has 3 N–H and O–H groups in total. The molecule has 1 aliphatic rings. The summed E-state index contributed by atoms with van der Waals surface area (Å²) < 4.78 is 13.0. The minimum absolute atomic E-state index is 0.0175. The molecule has 38 heavy (non-hydrogen) atoms. The number of carbonyl (C=O) groups is 1. The van der Waals surface area contributed by atoms with Crippen molar-refractivity contribution in [3.63, 3.8) is 0 Å². The van der Waals surface area contributed by atoms with Crippen LogP contribution >= 0.6 is 0 Å². The lowest BCUT2D eigenvalue weighted by Gasteiger charge is -2.39. The highest BCUT2D eigenvalue weighted by atomic mass is 16.7. The molecular formula is C31H39N3O4. The highest BCUT2D eigenvalue weighted by Crippen LogP contribution is 2.38. The van der Waals surface area contributed by atoms with E-state index in [1.807, 2.05) is 61.5 Å². The van der Waals surface area contributed by atoms with Crippen LogP contribution in [0.2, 0.25) is 0 Å². The number of aliphatic hydroxyl groups excluding tert-OH is 1. The molecule has 1 heterocycles. The fourth-order valence-electron chi connectivity index (χ4n) is 4.70. The largest absolute Gasteiger partial charge is 0.392 e. The number of nitrogens with one attached hydrogen (secondary N) is 2. The Labute approximate surface area is 225 Å². The van der Waals surface area contributed by atoms with Gasteiger partial charge in [-0.05, 0) is 43.1 Å². The number of carbonyl (C=O) groups excluding carboxylic acids is 1. The zero-order valence-electron chi connectivity index (χ0n) is 22.5. The third-order valence-corrected chi connectivity index (χ3v) is 7.09. The summed E-state index contributed by atoms with van der Waals surface area (Å²) in [6, 6.07) is 26.5. The van der Waals surface area contributed by atoms with Gasteiger partial charge in [0.2, 0.25) is 0 Å². The summed E-state index contributed by atoms with van der Waals surface area (Å²) >= 11 is 0. The van der Waals surface area contributed by atoms with Gasteiger partial charge in [0.05, 0.1) is 18.8 Å². The van der Waals surface area contributed by atoms with Crippen LogP contribution in [-0.4, -0.2) is 42.3 Å². The van der Waals surface area contributed by atoms with E-state index in [0.717, 1.165) is 35.2 Å². The number of nitrogens with zero attached hydrogens (tertiary/aromatic N) is 1. The topological polar surface area (TPSA) is 83.1 Å². The Hall–Kier alpha value is -3.23. The summed E-state index contributed by atoms with van der Waals surface area (Å²) in [5.74, 6) is 0. The third-order valence-electron chi connectivity index (χ3n) is 7.09. The molecule has 0 saturated carbocycles. The summed E-state index contributed by atoms with van der Waals surface area (Å²) in [6.07, 6.45) is 0.0506. The van der Waals surface area contributed by atoms with E-state index in [1.54, 1.807) is 0 Å². The second-order valence-electron chi connectivity index (χ2n) is 9.83. The first kappa shape index (κ1) is 27.8. The van der Waals surface area contributed by atoms with Gasteiger partial charge >= 0.3 is 6.03 Å². The number of ether oxygens (including phenoxy) is 2. The number of hydrogen-bond donors (Lipinski definition) is 3. The predicted molar refractivity (Wildman–Crippen MR) is 148 cm³/mol. The van der Waals surface area contributed by atoms with Crippen molar-refractivity contribution in [1.82, 2.24) is 15.5 Å². The van der Waals surface area contributed by atoms with Crippen molar-refractivity contribution < 1.29 is 19.4 Å². The zero-order chi connectivity index (χ0) is 26.9. The molecular weight excluding hydrogens is 478 g/mol. The monoisotopic (exact) mass is 517 g/mol. The Morgan fingerprint density at radius 1 is 0.947 bits per heavy atom. The first-order valence-corrected chi connectivity index (χ1v) is 13.3. The van der Waals surface area contributed by atoms with Crippen molar-refractivity contribution in [1.29, 1.82) is 0 Å². The van der Waals surface area contributed by atoms with Crippen LogP contribution in [-0.2, 0) is 22.6 Å². The van der Waals surface area contributed by atoms with Gasteiger partial charge in [0, 0.05) is 37.7 Å². The lowest BCUT2D eigenvalue weighted by molar-refractivity contribution is -0.253. The number of urea groups is 1. The smallest absolute Gasteiger partial charge is 0.315 e. The van der Waals surface area contributed by atoms with Gasteiger partial charge in [0.1, 0.15) is 0 Å². The van der Waals surface area contributed by atoms with Gasteiger partial charge in [0.25, 0.3) is 0 Å². The van der Waals surface area contributed by atoms with Crippen LogP contribution in [0, 0.1) is 0 Å². The molecule has 1 fully saturated rings. The average Bonchev–Trinajstić information content (AvgIpc) is 2.96. The number of benzene rings is 3. The van der Waals surface area contributed by atoms with Gasteiger partial charge in [-0.25, -0.2) is 4.79 Å². The van der Waals surface area contributed by atoms with Crippen LogP contribution in [0.15, 0.2) is 78.9 Å². The maximum Gasteiger partial charge on any atom is 0.315 e. The molecule has 2 amide bonds. The Morgan fingerprint density at radius 3 is 2.26 bits per heavy atom. The Balaban J connectivity index is 1.49. The Morgan fingerprint density at radius 2 is 1.61 bits per heavy atom. The molecule has 0 aromatic heterocycles. The minimum Gasteiger partial charge on any atom is -0.392 e. The quantitative estimate of drug-likeness (QED) is 0.343. The normalized spacial score (nSPS) is 20.2. The first-order valence-electron chi connectivity index (χ1n) is 13.3. The standard InChI is InChI=1S/C31H39N3O4/c1-4-32-31(36)33-19-23-10-16-27(17-11-23)30-37-28(20-34(3)22(2)25-8-6-5-7-9-25)18-29(38-30)26-14-12-24(21-35)13-15-26/h5-17,22,28-30,35H,4,18-21H2,1-3H3,(H2,32,33,36)/t22-,28-,29+,30+/m0/s1. The summed E-state index contributed by atoms with van der Waals surface area (Å²) in [4.78, 5) is 14.0. The van der Waals surface area contributed by atoms with Crippen molar-refractivity contribution in [3.8, 4) is 0 Å². The van der Waals surface area contributed by atoms with Crippen LogP contribution < -0.4 is 10.6 Å². The Bertz CT molecular complexity index is 1140. The van der Waals surface area contributed by atoms with E-state index in [0.29, 0.717) is 13.1 Å². The van der Waals surface area contributed by atoms with Crippen LogP contribution in [0.25, 0.3) is 0 Å². The van der Waals surface area contributed by atoms with Gasteiger partial charge in [-0.1, -0.05) is 78.9 Å². The minimum atomic E-state index is -0.512. The van der Waals surface area contributed by atoms with E-state index >= 15 is 0 Å². The van der Waals surface area contributed by atoms with Crippen molar-refractivity contribution in [2.45, 2.75) is 58.0 Å². The number of hydrogen-bond acceptors (Lipinski definition) is 5. The van der Waals surface area contributed by atoms with E-state index in [4.69, 9.17) is 9.47 Å². The highest BCUT2D eigenvalue weighted by Gasteiger charge is 2.33. The number of rotatable bonds is 10. The average molecular weight is 518 g/mol. The maximum absolute atomic E-state index is 11.7. The van der Waals surface area contributed by atoms with E-state index in [1.165, 1.54) is 5.56 Å². The molecule has 3 aromatic rings. The van der Waals surface area contributed by atoms with Crippen LogP contribution in [0.3, 0.4) is 0 Å². The number of likely N-dealkylation sites (N-methyl/N-ethyl adjacent to an activating group) is 1. The second-order valence-corrected chi connectivity index (χ2v) is 9.83. The van der Waals surface area contributed by atoms with Gasteiger partial charge in [-0.15, -0.1) is 0 Å². The first-order chi connectivity index (χ1) is 18.5. The molecule has 0 aliphatic carbocycles. The van der Waals surface area contributed by atoms with Gasteiger partial charge in [0.15, 0.2) is 6.29 Å². The van der Waals surface area contributed by atoms with Crippen LogP contribution in [0.5, 0.6) is 0 Å². The van der Waals surface area contributed by atoms with Gasteiger partial charge in [-0.3, -0.25) is 4.90 Å². The summed E-state index contributed by atoms with van der Waals surface area (Å²) in [7, 11) is 2.13. The zero-order valence-corrected chi connectivity index (χ0v) is 22.5. The van der Waals surface area contributed by atoms with Crippen molar-refractivity contribution in [2.75, 3.05) is 20.1 Å². The summed E-state index contributed by atoms with van der Waals surface area (Å²) in [6.45, 7) is 5.92. The highest BCUT2D eigenvalue weighted by molar-refractivity contribution is 5.73. The molecule has 1 aliphatic heterocycles. The van der Waals surface area contributed by atoms with E-state index in [2.05, 4.69) is 53.8 Å². The number of amides is 2. The van der Waals surface area contributed by atoms with Gasteiger partial charge < -0.3 is 25.2 Å². The molecule has 4 rings (SSSR count). The van der Waals surface area contributed by atoms with E-state index in [-0.39, 0.29) is 30.9 Å². The van der Waals surface area contributed by atoms with E-state index < -0.39 is 6.29 Å². The molecule has 0 bridgehead atoms. The van der Waals surface area contributed by atoms with Crippen molar-refractivity contribution in [3.05, 3.63) is 107 Å². The molecule has 202 valence electrons. The SMILES string of the molecule is CCNC(=O)NCc1ccc([C@@H]2O[C@H](CN(C)[C@@H](C)c3ccccc3)C[C@H](c3ccc(CO)cc3)O2)cc1. The second kappa shape index (κ2) is 13.5. The summed E-state index contributed by atoms with van der Waals surface area (Å²) in [5.41, 5.74) is 5.16. The molecule has 4 atom stereocenters. The molecule has 7 heteroatoms. The third kappa shape index (κ3) is 7.42.